The highest BCUT2D eigenvalue weighted by molar-refractivity contribution is 9.10. The van der Waals surface area contributed by atoms with E-state index in [4.69, 9.17) is 33.5 Å². The third kappa shape index (κ3) is 2.67. The molecule has 2 N–H and O–H groups in total. The molecule has 106 valence electrons. The van der Waals surface area contributed by atoms with Gasteiger partial charge in [0.25, 0.3) is 0 Å². The topological polar surface area (TPSA) is 52.0 Å². The quantitative estimate of drug-likeness (QED) is 0.621. The summed E-state index contributed by atoms with van der Waals surface area (Å²) in [6.45, 7) is 0. The number of aromatic nitrogens is 1. The number of rotatable bonds is 2. The lowest BCUT2D eigenvalue weighted by molar-refractivity contribution is 0.439. The molecule has 0 aliphatic rings. The number of halogens is 3. The van der Waals surface area contributed by atoms with Crippen LogP contribution in [0.5, 0.6) is 0 Å². The Morgan fingerprint density at radius 3 is 2.33 bits per heavy atom. The molecule has 1 aromatic heterocycles. The molecule has 0 saturated heterocycles. The fourth-order valence-electron chi connectivity index (χ4n) is 2.11. The van der Waals surface area contributed by atoms with E-state index in [-0.39, 0.29) is 5.88 Å². The Labute approximate surface area is 139 Å². The summed E-state index contributed by atoms with van der Waals surface area (Å²) in [6, 6.07) is 12.9. The Morgan fingerprint density at radius 2 is 1.67 bits per heavy atom. The minimum Gasteiger partial charge on any atom is -0.367 e. The zero-order valence-corrected chi connectivity index (χ0v) is 13.7. The van der Waals surface area contributed by atoms with Crippen LogP contribution in [-0.2, 0) is 0 Å². The van der Waals surface area contributed by atoms with Gasteiger partial charge in [0.2, 0.25) is 5.88 Å². The van der Waals surface area contributed by atoms with Crippen LogP contribution in [0.15, 0.2) is 51.5 Å². The van der Waals surface area contributed by atoms with E-state index in [1.807, 2.05) is 24.3 Å². The van der Waals surface area contributed by atoms with Gasteiger partial charge in [-0.15, -0.1) is 0 Å². The Hall–Kier alpha value is -1.49. The van der Waals surface area contributed by atoms with E-state index < -0.39 is 0 Å². The van der Waals surface area contributed by atoms with Crippen LogP contribution >= 0.6 is 39.1 Å². The van der Waals surface area contributed by atoms with Crippen molar-refractivity contribution in [3.05, 3.63) is 57.0 Å². The van der Waals surface area contributed by atoms with E-state index in [2.05, 4.69) is 21.1 Å². The molecule has 6 heteroatoms. The maximum Gasteiger partial charge on any atom is 0.230 e. The van der Waals surface area contributed by atoms with Crippen molar-refractivity contribution in [3.8, 4) is 22.4 Å². The van der Waals surface area contributed by atoms with Gasteiger partial charge in [0, 0.05) is 15.6 Å². The number of hydrogen-bond donors (Lipinski definition) is 1. The summed E-state index contributed by atoms with van der Waals surface area (Å²) >= 11 is 16.0. The Morgan fingerprint density at radius 1 is 1.00 bits per heavy atom. The van der Waals surface area contributed by atoms with Gasteiger partial charge >= 0.3 is 0 Å². The summed E-state index contributed by atoms with van der Waals surface area (Å²) in [6.07, 6.45) is 0. The zero-order chi connectivity index (χ0) is 15.0. The fraction of sp³-hybridized carbons (Fsp3) is 0. The first-order chi connectivity index (χ1) is 10.1. The average Bonchev–Trinajstić information content (AvgIpc) is 2.81. The maximum atomic E-state index is 6.26. The normalized spacial score (nSPS) is 10.8. The van der Waals surface area contributed by atoms with E-state index in [1.54, 1.807) is 18.2 Å². The van der Waals surface area contributed by atoms with Crippen molar-refractivity contribution in [3.63, 3.8) is 0 Å². The highest BCUT2D eigenvalue weighted by atomic mass is 79.9. The first-order valence-corrected chi connectivity index (χ1v) is 7.58. The largest absolute Gasteiger partial charge is 0.367 e. The number of nitrogen functional groups attached to an aromatic ring is 1. The van der Waals surface area contributed by atoms with Crippen molar-refractivity contribution in [2.75, 3.05) is 5.73 Å². The molecule has 0 bridgehead atoms. The van der Waals surface area contributed by atoms with Gasteiger partial charge in [0.1, 0.15) is 5.69 Å². The van der Waals surface area contributed by atoms with Crippen LogP contribution in [0, 0.1) is 0 Å². The second-order valence-electron chi connectivity index (χ2n) is 4.38. The first kappa shape index (κ1) is 14.4. The van der Waals surface area contributed by atoms with E-state index in [0.717, 1.165) is 10.0 Å². The molecule has 0 atom stereocenters. The van der Waals surface area contributed by atoms with Crippen LogP contribution in [-0.4, -0.2) is 5.16 Å². The maximum absolute atomic E-state index is 6.26. The molecular formula is C15H9BrCl2N2O. The van der Waals surface area contributed by atoms with Crippen molar-refractivity contribution in [2.24, 2.45) is 0 Å². The zero-order valence-electron chi connectivity index (χ0n) is 10.6. The number of benzene rings is 2. The number of nitrogens with zero attached hydrogens (tertiary/aromatic N) is 1. The van der Waals surface area contributed by atoms with Crippen LogP contribution in [0.3, 0.4) is 0 Å². The minimum atomic E-state index is 0.181. The molecular weight excluding hydrogens is 375 g/mol. The lowest BCUT2D eigenvalue weighted by Crippen LogP contribution is -1.90. The number of anilines is 1. The van der Waals surface area contributed by atoms with Gasteiger partial charge in [0.15, 0.2) is 0 Å². The van der Waals surface area contributed by atoms with Crippen molar-refractivity contribution < 1.29 is 4.52 Å². The second kappa shape index (κ2) is 5.72. The predicted molar refractivity (Wildman–Crippen MR) is 89.5 cm³/mol. The summed E-state index contributed by atoms with van der Waals surface area (Å²) in [5, 5.41) is 5.04. The van der Waals surface area contributed by atoms with Crippen LogP contribution in [0.25, 0.3) is 22.4 Å². The fourth-order valence-corrected chi connectivity index (χ4v) is 3.10. The minimum absolute atomic E-state index is 0.181. The molecule has 3 aromatic rings. The second-order valence-corrected chi connectivity index (χ2v) is 6.11. The average molecular weight is 384 g/mol. The van der Waals surface area contributed by atoms with Gasteiger partial charge in [-0.05, 0) is 24.3 Å². The summed E-state index contributed by atoms with van der Waals surface area (Å²) in [7, 11) is 0. The lowest BCUT2D eigenvalue weighted by Gasteiger charge is -2.07. The number of hydrogen-bond acceptors (Lipinski definition) is 3. The van der Waals surface area contributed by atoms with Gasteiger partial charge in [-0.25, -0.2) is 0 Å². The molecule has 0 saturated carbocycles. The molecule has 1 heterocycles. The summed E-state index contributed by atoms with van der Waals surface area (Å²) in [5.41, 5.74) is 8.61. The summed E-state index contributed by atoms with van der Waals surface area (Å²) in [4.78, 5) is 0. The SMILES string of the molecule is Nc1onc(-c2cccc(Br)c2)c1-c1c(Cl)cccc1Cl. The van der Waals surface area contributed by atoms with Gasteiger partial charge in [-0.3, -0.25) is 0 Å². The van der Waals surface area contributed by atoms with E-state index in [9.17, 15) is 0 Å². The van der Waals surface area contributed by atoms with Crippen LogP contribution in [0.1, 0.15) is 0 Å². The molecule has 21 heavy (non-hydrogen) atoms. The molecule has 0 amide bonds. The molecule has 0 fully saturated rings. The predicted octanol–water partition coefficient (Wildman–Crippen LogP) is 5.66. The molecule has 3 rings (SSSR count). The molecule has 0 radical (unpaired) electrons. The Kier molecular flexibility index (Phi) is 3.93. The third-order valence-electron chi connectivity index (χ3n) is 3.03. The van der Waals surface area contributed by atoms with Gasteiger partial charge in [0.05, 0.1) is 15.6 Å². The summed E-state index contributed by atoms with van der Waals surface area (Å²) < 4.78 is 6.08. The standard InChI is InChI=1S/C15H9BrCl2N2O/c16-9-4-1-3-8(7-9)14-13(15(19)21-20-14)12-10(17)5-2-6-11(12)18/h1-7H,19H2. The van der Waals surface area contributed by atoms with Crippen molar-refractivity contribution in [1.82, 2.24) is 5.16 Å². The van der Waals surface area contributed by atoms with Gasteiger partial charge in [-0.2, -0.15) is 0 Å². The summed E-state index contributed by atoms with van der Waals surface area (Å²) in [5.74, 6) is 0.181. The first-order valence-electron chi connectivity index (χ1n) is 6.03. The van der Waals surface area contributed by atoms with Crippen LogP contribution in [0.4, 0.5) is 5.88 Å². The Balaban J connectivity index is 2.28. The van der Waals surface area contributed by atoms with Crippen molar-refractivity contribution >= 4 is 45.0 Å². The third-order valence-corrected chi connectivity index (χ3v) is 4.15. The van der Waals surface area contributed by atoms with E-state index in [0.29, 0.717) is 26.9 Å². The monoisotopic (exact) mass is 382 g/mol. The molecule has 3 nitrogen and oxygen atoms in total. The highest BCUT2D eigenvalue weighted by Gasteiger charge is 2.21. The van der Waals surface area contributed by atoms with E-state index >= 15 is 0 Å². The van der Waals surface area contributed by atoms with E-state index in [1.165, 1.54) is 0 Å². The smallest absolute Gasteiger partial charge is 0.230 e. The molecule has 0 unspecified atom stereocenters. The Bertz CT molecular complexity index is 797. The lowest BCUT2D eigenvalue weighted by atomic mass is 10.0. The van der Waals surface area contributed by atoms with Crippen molar-refractivity contribution in [2.45, 2.75) is 0 Å². The highest BCUT2D eigenvalue weighted by Crippen LogP contribution is 2.43. The number of nitrogens with two attached hydrogens (primary N) is 1. The van der Waals surface area contributed by atoms with Crippen LogP contribution in [0.2, 0.25) is 10.0 Å². The van der Waals surface area contributed by atoms with Gasteiger partial charge < -0.3 is 10.3 Å². The van der Waals surface area contributed by atoms with Crippen molar-refractivity contribution in [1.29, 1.82) is 0 Å². The molecule has 0 spiro atoms. The molecule has 2 aromatic carbocycles. The van der Waals surface area contributed by atoms with Crippen LogP contribution < -0.4 is 5.73 Å². The molecule has 0 aliphatic carbocycles. The molecule has 0 aliphatic heterocycles. The van der Waals surface area contributed by atoms with Gasteiger partial charge in [-0.1, -0.05) is 62.5 Å².